The fourth-order valence-corrected chi connectivity index (χ4v) is 0.278. The van der Waals surface area contributed by atoms with Crippen molar-refractivity contribution in [1.82, 2.24) is 0 Å². The molecule has 0 aliphatic rings. The molecule has 0 spiro atoms. The zero-order valence-corrected chi connectivity index (χ0v) is 5.20. The summed E-state index contributed by atoms with van der Waals surface area (Å²) >= 11 is 0. The SMILES string of the molecule is C=CC(N)(N)C(=O)C(=O)O. The average Bonchev–Trinajstić information content (AvgIpc) is 1.86. The Bertz CT molecular complexity index is 185. The molecular weight excluding hydrogens is 136 g/mol. The molecule has 0 unspecified atom stereocenters. The molecule has 10 heavy (non-hydrogen) atoms. The van der Waals surface area contributed by atoms with Gasteiger partial charge in [-0.3, -0.25) is 4.79 Å². The highest BCUT2D eigenvalue weighted by Gasteiger charge is 2.30. The Morgan fingerprint density at radius 2 is 1.90 bits per heavy atom. The monoisotopic (exact) mass is 144 g/mol. The van der Waals surface area contributed by atoms with Crippen LogP contribution in [0, 0.1) is 0 Å². The van der Waals surface area contributed by atoms with Gasteiger partial charge in [-0.05, 0) is 6.08 Å². The Labute approximate surface area is 57.3 Å². The maximum Gasteiger partial charge on any atom is 0.376 e. The third-order valence-electron chi connectivity index (χ3n) is 0.925. The Kier molecular flexibility index (Phi) is 2.28. The van der Waals surface area contributed by atoms with Crippen LogP contribution in [0.5, 0.6) is 0 Å². The minimum Gasteiger partial charge on any atom is -0.475 e. The quantitative estimate of drug-likeness (QED) is 0.252. The molecule has 0 aromatic heterocycles. The lowest BCUT2D eigenvalue weighted by Gasteiger charge is -2.13. The molecule has 0 atom stereocenters. The van der Waals surface area contributed by atoms with Crippen LogP contribution in [0.25, 0.3) is 0 Å². The van der Waals surface area contributed by atoms with Crippen LogP contribution in [0.15, 0.2) is 12.7 Å². The molecule has 0 aliphatic carbocycles. The van der Waals surface area contributed by atoms with Crippen LogP contribution in [0.1, 0.15) is 0 Å². The van der Waals surface area contributed by atoms with E-state index in [1.54, 1.807) is 0 Å². The maximum atomic E-state index is 10.5. The molecule has 0 amide bonds. The summed E-state index contributed by atoms with van der Waals surface area (Å²) in [5.74, 6) is -2.94. The third kappa shape index (κ3) is 1.64. The summed E-state index contributed by atoms with van der Waals surface area (Å²) in [6.45, 7) is 3.10. The van der Waals surface area contributed by atoms with E-state index in [1.807, 2.05) is 0 Å². The van der Waals surface area contributed by atoms with E-state index in [-0.39, 0.29) is 0 Å². The van der Waals surface area contributed by atoms with Crippen molar-refractivity contribution in [2.75, 3.05) is 0 Å². The van der Waals surface area contributed by atoms with Crippen molar-refractivity contribution in [2.45, 2.75) is 5.66 Å². The second-order valence-electron chi connectivity index (χ2n) is 1.77. The van der Waals surface area contributed by atoms with Crippen LogP contribution in [-0.2, 0) is 9.59 Å². The van der Waals surface area contributed by atoms with E-state index in [4.69, 9.17) is 16.6 Å². The third-order valence-corrected chi connectivity index (χ3v) is 0.925. The number of carboxylic acids is 1. The minimum absolute atomic E-state index is 0.878. The van der Waals surface area contributed by atoms with Crippen LogP contribution in [0.3, 0.4) is 0 Å². The molecule has 0 heterocycles. The summed E-state index contributed by atoms with van der Waals surface area (Å²) in [5.41, 5.74) is 8.03. The molecule has 0 aliphatic heterocycles. The second-order valence-corrected chi connectivity index (χ2v) is 1.77. The molecule has 56 valence electrons. The van der Waals surface area contributed by atoms with Crippen molar-refractivity contribution in [3.8, 4) is 0 Å². The first-order valence-electron chi connectivity index (χ1n) is 2.41. The topological polar surface area (TPSA) is 106 Å². The van der Waals surface area contributed by atoms with Gasteiger partial charge in [-0.15, -0.1) is 0 Å². The Morgan fingerprint density at radius 3 is 2.00 bits per heavy atom. The first-order chi connectivity index (χ1) is 4.41. The van der Waals surface area contributed by atoms with E-state index in [0.29, 0.717) is 0 Å². The Balaban J connectivity index is 4.49. The van der Waals surface area contributed by atoms with Gasteiger partial charge in [0.1, 0.15) is 0 Å². The summed E-state index contributed by atoms with van der Waals surface area (Å²) in [6.07, 6.45) is 0.878. The van der Waals surface area contributed by atoms with Crippen LogP contribution in [-0.4, -0.2) is 22.5 Å². The van der Waals surface area contributed by atoms with Gasteiger partial charge in [-0.2, -0.15) is 0 Å². The zero-order valence-electron chi connectivity index (χ0n) is 5.20. The standard InChI is InChI=1S/C5H8N2O3/c1-2-5(6,7)3(8)4(9)10/h2H,1,6-7H2,(H,9,10). The molecule has 0 saturated heterocycles. The van der Waals surface area contributed by atoms with Crippen LogP contribution >= 0.6 is 0 Å². The summed E-state index contributed by atoms with van der Waals surface area (Å²) in [4.78, 5) is 20.4. The number of Topliss-reactive ketones (excluding diaryl/α,β-unsaturated/α-hetero) is 1. The molecule has 5 nitrogen and oxygen atoms in total. The smallest absolute Gasteiger partial charge is 0.376 e. The van der Waals surface area contributed by atoms with E-state index in [9.17, 15) is 9.59 Å². The number of carbonyl (C=O) groups is 2. The largest absolute Gasteiger partial charge is 0.475 e. The van der Waals surface area contributed by atoms with E-state index >= 15 is 0 Å². The van der Waals surface area contributed by atoms with Gasteiger partial charge in [-0.25, -0.2) is 4.79 Å². The maximum absolute atomic E-state index is 10.5. The molecule has 0 saturated carbocycles. The van der Waals surface area contributed by atoms with E-state index in [2.05, 4.69) is 6.58 Å². The van der Waals surface area contributed by atoms with Crippen LogP contribution < -0.4 is 11.5 Å². The zero-order chi connectivity index (χ0) is 8.36. The molecule has 0 aromatic carbocycles. The van der Waals surface area contributed by atoms with Gasteiger partial charge >= 0.3 is 5.97 Å². The minimum atomic E-state index is -1.95. The van der Waals surface area contributed by atoms with Gasteiger partial charge in [0.05, 0.1) is 0 Å². The van der Waals surface area contributed by atoms with Gasteiger partial charge in [0.15, 0.2) is 5.66 Å². The summed E-state index contributed by atoms with van der Waals surface area (Å²) in [7, 11) is 0. The molecular formula is C5H8N2O3. The van der Waals surface area contributed by atoms with Crippen molar-refractivity contribution in [3.63, 3.8) is 0 Å². The molecule has 0 rings (SSSR count). The second kappa shape index (κ2) is 2.59. The van der Waals surface area contributed by atoms with Gasteiger partial charge < -0.3 is 16.6 Å². The molecule has 5 heteroatoms. The van der Waals surface area contributed by atoms with Crippen molar-refractivity contribution < 1.29 is 14.7 Å². The predicted molar refractivity (Wildman–Crippen MR) is 33.9 cm³/mol. The molecule has 5 N–H and O–H groups in total. The molecule has 0 fully saturated rings. The van der Waals surface area contributed by atoms with Gasteiger partial charge in [0.25, 0.3) is 5.78 Å². The first-order valence-corrected chi connectivity index (χ1v) is 2.41. The number of hydrogen-bond acceptors (Lipinski definition) is 4. The highest BCUT2D eigenvalue weighted by molar-refractivity contribution is 6.36. The van der Waals surface area contributed by atoms with E-state index in [0.717, 1.165) is 6.08 Å². The lowest BCUT2D eigenvalue weighted by molar-refractivity contribution is -0.150. The number of aliphatic carboxylic acids is 1. The highest BCUT2D eigenvalue weighted by Crippen LogP contribution is 1.93. The lowest BCUT2D eigenvalue weighted by atomic mass is 10.1. The molecule has 0 bridgehead atoms. The summed E-state index contributed by atoms with van der Waals surface area (Å²) < 4.78 is 0. The fourth-order valence-electron chi connectivity index (χ4n) is 0.278. The van der Waals surface area contributed by atoms with Gasteiger partial charge in [-0.1, -0.05) is 6.58 Å². The normalized spacial score (nSPS) is 10.6. The van der Waals surface area contributed by atoms with Crippen molar-refractivity contribution in [2.24, 2.45) is 11.5 Å². The van der Waals surface area contributed by atoms with Crippen molar-refractivity contribution >= 4 is 11.8 Å². The Hall–Kier alpha value is -1.20. The number of carbonyl (C=O) groups excluding carboxylic acids is 1. The van der Waals surface area contributed by atoms with Crippen LogP contribution in [0.4, 0.5) is 0 Å². The van der Waals surface area contributed by atoms with Gasteiger partial charge in [0, 0.05) is 0 Å². The van der Waals surface area contributed by atoms with Gasteiger partial charge in [0.2, 0.25) is 0 Å². The Morgan fingerprint density at radius 1 is 1.50 bits per heavy atom. The fraction of sp³-hybridized carbons (Fsp3) is 0.200. The van der Waals surface area contributed by atoms with Crippen molar-refractivity contribution in [3.05, 3.63) is 12.7 Å². The average molecular weight is 144 g/mol. The number of rotatable bonds is 3. The molecule has 0 aromatic rings. The summed E-state index contributed by atoms with van der Waals surface area (Å²) in [6, 6.07) is 0. The van der Waals surface area contributed by atoms with E-state index in [1.165, 1.54) is 0 Å². The number of hydrogen-bond donors (Lipinski definition) is 3. The van der Waals surface area contributed by atoms with Crippen molar-refractivity contribution in [1.29, 1.82) is 0 Å². The number of ketones is 1. The van der Waals surface area contributed by atoms with Crippen LogP contribution in [0.2, 0.25) is 0 Å². The number of nitrogens with two attached hydrogens (primary N) is 2. The lowest BCUT2D eigenvalue weighted by Crippen LogP contribution is -2.57. The number of carboxylic acid groups (broad SMARTS) is 1. The predicted octanol–water partition coefficient (Wildman–Crippen LogP) is -1.56. The highest BCUT2D eigenvalue weighted by atomic mass is 16.4. The summed E-state index contributed by atoms with van der Waals surface area (Å²) in [5, 5.41) is 8.09. The molecule has 0 radical (unpaired) electrons. The first kappa shape index (κ1) is 8.80. The van der Waals surface area contributed by atoms with E-state index < -0.39 is 17.4 Å².